The number of nitrogens with zero attached hydrogens (tertiary/aromatic N) is 6. The third kappa shape index (κ3) is 6.45. The Morgan fingerprint density at radius 2 is 1.38 bits per heavy atom. The van der Waals surface area contributed by atoms with Crippen molar-refractivity contribution in [1.29, 1.82) is 0 Å². The van der Waals surface area contributed by atoms with Gasteiger partial charge in [-0.25, -0.2) is 0 Å². The van der Waals surface area contributed by atoms with Crippen LogP contribution in [-0.4, -0.2) is 64.7 Å². The second-order valence-corrected chi connectivity index (χ2v) is 10.3. The summed E-state index contributed by atoms with van der Waals surface area (Å²) in [6, 6.07) is 23.3. The number of hydrogen-bond donors (Lipinski definition) is 3. The summed E-state index contributed by atoms with van der Waals surface area (Å²) in [6.45, 7) is 6.89. The van der Waals surface area contributed by atoms with Crippen LogP contribution in [0, 0.1) is 0 Å². The summed E-state index contributed by atoms with van der Waals surface area (Å²) in [7, 11) is 1.65. The van der Waals surface area contributed by atoms with Crippen molar-refractivity contribution in [2.45, 2.75) is 6.92 Å². The number of aromatic nitrogens is 4. The van der Waals surface area contributed by atoms with Gasteiger partial charge in [-0.3, -0.25) is 4.98 Å². The predicted octanol–water partition coefficient (Wildman–Crippen LogP) is 6.45. The van der Waals surface area contributed by atoms with Crippen LogP contribution in [0.15, 0.2) is 79.0 Å². The molecule has 3 heterocycles. The number of fused-ring (bicyclic) bond motifs is 1. The standard InChI is InChI=1S/C31H32ClN9O/c1-3-40-16-18-41(19-17-40)31-38-29(37-30(39-31)36-24-9-11-25(42-2)12-10-24)35-23-7-5-22(6-8-23)34-27-14-15-33-28-20-21(32)4-13-26(27)28/h4-15,20H,3,16-19H2,1-2H3,(H,33,34)(H2,35,36,37,38,39). The number of nitrogens with one attached hydrogen (secondary N) is 3. The maximum atomic E-state index is 6.15. The molecule has 6 rings (SSSR count). The lowest BCUT2D eigenvalue weighted by Crippen LogP contribution is -2.46. The van der Waals surface area contributed by atoms with Gasteiger partial charge in [-0.15, -0.1) is 0 Å². The van der Waals surface area contributed by atoms with E-state index in [-0.39, 0.29) is 0 Å². The normalized spacial score (nSPS) is 13.6. The molecule has 0 spiro atoms. The number of anilines is 7. The first kappa shape index (κ1) is 27.5. The lowest BCUT2D eigenvalue weighted by Gasteiger charge is -2.34. The first-order valence-electron chi connectivity index (χ1n) is 13.9. The quantitative estimate of drug-likeness (QED) is 0.180. The third-order valence-corrected chi connectivity index (χ3v) is 7.43. The van der Waals surface area contributed by atoms with Gasteiger partial charge in [-0.05, 0) is 79.3 Å². The van der Waals surface area contributed by atoms with Gasteiger partial charge in [-0.1, -0.05) is 18.5 Å². The highest BCUT2D eigenvalue weighted by molar-refractivity contribution is 6.31. The maximum absolute atomic E-state index is 6.15. The number of pyridine rings is 1. The topological polar surface area (TPSA) is 103 Å². The fraction of sp³-hybridized carbons (Fsp3) is 0.226. The van der Waals surface area contributed by atoms with Gasteiger partial charge in [0, 0.05) is 65.5 Å². The predicted molar refractivity (Wildman–Crippen MR) is 170 cm³/mol. The smallest absolute Gasteiger partial charge is 0.233 e. The summed E-state index contributed by atoms with van der Waals surface area (Å²) >= 11 is 6.15. The van der Waals surface area contributed by atoms with Gasteiger partial charge in [0.15, 0.2) is 0 Å². The maximum Gasteiger partial charge on any atom is 0.233 e. The molecule has 0 aliphatic carbocycles. The molecule has 0 unspecified atom stereocenters. The first-order chi connectivity index (χ1) is 20.6. The number of piperazine rings is 1. The van der Waals surface area contributed by atoms with E-state index in [0.29, 0.717) is 22.9 Å². The van der Waals surface area contributed by atoms with Gasteiger partial charge in [0.2, 0.25) is 17.8 Å². The van der Waals surface area contributed by atoms with Crippen LogP contribution in [0.3, 0.4) is 0 Å². The van der Waals surface area contributed by atoms with Crippen LogP contribution in [0.1, 0.15) is 6.92 Å². The molecule has 5 aromatic rings. The van der Waals surface area contributed by atoms with Gasteiger partial charge in [-0.2, -0.15) is 15.0 Å². The minimum Gasteiger partial charge on any atom is -0.497 e. The lowest BCUT2D eigenvalue weighted by atomic mass is 10.2. The van der Waals surface area contributed by atoms with Gasteiger partial charge in [0.1, 0.15) is 5.75 Å². The molecule has 2 aromatic heterocycles. The molecule has 0 amide bonds. The molecule has 1 aliphatic heterocycles. The van der Waals surface area contributed by atoms with E-state index >= 15 is 0 Å². The molecule has 10 nitrogen and oxygen atoms in total. The summed E-state index contributed by atoms with van der Waals surface area (Å²) < 4.78 is 5.28. The number of benzene rings is 3. The molecule has 1 aliphatic rings. The van der Waals surface area contributed by atoms with Crippen molar-refractivity contribution < 1.29 is 4.74 Å². The van der Waals surface area contributed by atoms with Crippen molar-refractivity contribution in [3.8, 4) is 5.75 Å². The van der Waals surface area contributed by atoms with Crippen molar-refractivity contribution in [2.24, 2.45) is 0 Å². The Labute approximate surface area is 249 Å². The van der Waals surface area contributed by atoms with E-state index in [1.54, 1.807) is 13.3 Å². The number of likely N-dealkylation sites (N-methyl/N-ethyl adjacent to an activating group) is 1. The monoisotopic (exact) mass is 581 g/mol. The van der Waals surface area contributed by atoms with E-state index in [9.17, 15) is 0 Å². The van der Waals surface area contributed by atoms with E-state index in [0.717, 1.165) is 72.1 Å². The van der Waals surface area contributed by atoms with Crippen molar-refractivity contribution in [1.82, 2.24) is 24.8 Å². The summed E-state index contributed by atoms with van der Waals surface area (Å²) in [5, 5.41) is 11.8. The lowest BCUT2D eigenvalue weighted by molar-refractivity contribution is 0.270. The summed E-state index contributed by atoms with van der Waals surface area (Å²) in [5.74, 6) is 2.36. The minimum atomic E-state index is 0.464. The largest absolute Gasteiger partial charge is 0.497 e. The molecule has 11 heteroatoms. The number of rotatable bonds is 9. The molecular formula is C31H32ClN9O. The summed E-state index contributed by atoms with van der Waals surface area (Å²) in [6.07, 6.45) is 1.77. The van der Waals surface area contributed by atoms with Crippen LogP contribution in [0.25, 0.3) is 10.9 Å². The number of ether oxygens (including phenoxy) is 1. The molecule has 0 atom stereocenters. The van der Waals surface area contributed by atoms with E-state index in [4.69, 9.17) is 26.3 Å². The van der Waals surface area contributed by atoms with Crippen LogP contribution in [-0.2, 0) is 0 Å². The Hall–Kier alpha value is -4.67. The van der Waals surface area contributed by atoms with Gasteiger partial charge in [0.05, 0.1) is 12.6 Å². The van der Waals surface area contributed by atoms with Crippen molar-refractivity contribution in [2.75, 3.05) is 60.7 Å². The number of hydrogen-bond acceptors (Lipinski definition) is 10. The second-order valence-electron chi connectivity index (χ2n) is 9.90. The summed E-state index contributed by atoms with van der Waals surface area (Å²) in [5.41, 5.74) is 4.45. The molecule has 0 bridgehead atoms. The Bertz CT molecular complexity index is 1660. The van der Waals surface area contributed by atoms with Gasteiger partial charge < -0.3 is 30.5 Å². The fourth-order valence-electron chi connectivity index (χ4n) is 4.84. The fourth-order valence-corrected chi connectivity index (χ4v) is 5.00. The van der Waals surface area contributed by atoms with Crippen LogP contribution in [0.2, 0.25) is 5.02 Å². The highest BCUT2D eigenvalue weighted by Gasteiger charge is 2.20. The van der Waals surface area contributed by atoms with Crippen molar-refractivity contribution in [3.05, 3.63) is 84.0 Å². The van der Waals surface area contributed by atoms with Crippen molar-refractivity contribution >= 4 is 63.1 Å². The second kappa shape index (κ2) is 12.5. The number of halogens is 1. The van der Waals surface area contributed by atoms with Crippen LogP contribution >= 0.6 is 11.6 Å². The molecule has 1 fully saturated rings. The zero-order valence-corrected chi connectivity index (χ0v) is 24.3. The molecule has 3 N–H and O–H groups in total. The van der Waals surface area contributed by atoms with E-state index in [1.807, 2.05) is 72.8 Å². The molecular weight excluding hydrogens is 550 g/mol. The highest BCUT2D eigenvalue weighted by Crippen LogP contribution is 2.28. The SMILES string of the molecule is CCN1CCN(c2nc(Nc3ccc(Nc4ccnc5cc(Cl)ccc45)cc3)nc(Nc3ccc(OC)cc3)n2)CC1. The highest BCUT2D eigenvalue weighted by atomic mass is 35.5. The van der Waals surface area contributed by atoms with Crippen LogP contribution < -0.4 is 25.6 Å². The minimum absolute atomic E-state index is 0.464. The van der Waals surface area contributed by atoms with Crippen molar-refractivity contribution in [3.63, 3.8) is 0 Å². The molecule has 214 valence electrons. The first-order valence-corrected chi connectivity index (χ1v) is 14.3. The number of methoxy groups -OCH3 is 1. The third-order valence-electron chi connectivity index (χ3n) is 7.20. The average molecular weight is 582 g/mol. The Morgan fingerprint density at radius 1 is 0.762 bits per heavy atom. The Morgan fingerprint density at radius 3 is 2.00 bits per heavy atom. The molecule has 0 saturated carbocycles. The van der Waals surface area contributed by atoms with Crippen LogP contribution in [0.4, 0.5) is 40.6 Å². The van der Waals surface area contributed by atoms with E-state index in [1.165, 1.54) is 0 Å². The van der Waals surface area contributed by atoms with E-state index < -0.39 is 0 Å². The molecule has 0 radical (unpaired) electrons. The van der Waals surface area contributed by atoms with E-state index in [2.05, 4.69) is 42.6 Å². The zero-order valence-electron chi connectivity index (χ0n) is 23.5. The van der Waals surface area contributed by atoms with Crippen LogP contribution in [0.5, 0.6) is 5.75 Å². The molecule has 42 heavy (non-hydrogen) atoms. The Balaban J connectivity index is 1.22. The molecule has 1 saturated heterocycles. The summed E-state index contributed by atoms with van der Waals surface area (Å²) in [4.78, 5) is 23.3. The zero-order chi connectivity index (χ0) is 28.9. The van der Waals surface area contributed by atoms with Gasteiger partial charge in [0.25, 0.3) is 0 Å². The molecule has 3 aromatic carbocycles. The van der Waals surface area contributed by atoms with Gasteiger partial charge >= 0.3 is 0 Å². The Kier molecular flexibility index (Phi) is 8.16. The average Bonchev–Trinajstić information content (AvgIpc) is 3.02.